The molecule has 2 nitrogen and oxygen atoms in total. The number of benzene rings is 1. The smallest absolute Gasteiger partial charge is 0.432 e. The van der Waals surface area contributed by atoms with Gasteiger partial charge in [0.15, 0.2) is 11.6 Å². The topological polar surface area (TPSA) is 18.5 Å². The first-order chi connectivity index (χ1) is 16.5. The minimum Gasteiger partial charge on any atom is -0.432 e. The fraction of sp³-hybridized carbons (Fsp3) is 0.778. The first-order valence-electron chi connectivity index (χ1n) is 13.1. The molecule has 200 valence electrons. The van der Waals surface area contributed by atoms with Crippen LogP contribution in [0.25, 0.3) is 0 Å². The number of hydrogen-bond donors (Lipinski definition) is 0. The normalized spacial score (nSPS) is 25.9. The minimum absolute atomic E-state index is 0.213. The predicted molar refractivity (Wildman–Crippen MR) is 123 cm³/mol. The van der Waals surface area contributed by atoms with Crippen LogP contribution >= 0.6 is 0 Å². The molecular formula is C27H38F6O2. The standard InChI is InChI=1S/C27H38F6O2/c1-2-3-19-4-6-20(7-5-19)8-9-21-10-12-22(13-11-21)16-17-26(29,30)34-23-14-15-25(24(28)18-23)35-27(31,32)33/h14-15,18-22H,2-13,16-17H2,1H3. The van der Waals surface area contributed by atoms with Crippen molar-refractivity contribution in [2.24, 2.45) is 23.7 Å². The predicted octanol–water partition coefficient (Wildman–Crippen LogP) is 9.67. The van der Waals surface area contributed by atoms with Gasteiger partial charge in [-0.3, -0.25) is 0 Å². The van der Waals surface area contributed by atoms with Gasteiger partial charge < -0.3 is 9.47 Å². The molecule has 35 heavy (non-hydrogen) atoms. The van der Waals surface area contributed by atoms with Gasteiger partial charge in [0.25, 0.3) is 0 Å². The van der Waals surface area contributed by atoms with Crippen LogP contribution in [0.2, 0.25) is 0 Å². The van der Waals surface area contributed by atoms with Crippen molar-refractivity contribution in [2.45, 2.75) is 109 Å². The van der Waals surface area contributed by atoms with E-state index in [2.05, 4.69) is 16.4 Å². The molecule has 0 unspecified atom stereocenters. The van der Waals surface area contributed by atoms with Crippen LogP contribution in [0.15, 0.2) is 18.2 Å². The van der Waals surface area contributed by atoms with Crippen LogP contribution in [0.3, 0.4) is 0 Å². The van der Waals surface area contributed by atoms with Crippen molar-refractivity contribution in [1.29, 1.82) is 0 Å². The fourth-order valence-corrected chi connectivity index (χ4v) is 5.85. The zero-order valence-corrected chi connectivity index (χ0v) is 20.5. The van der Waals surface area contributed by atoms with E-state index in [1.54, 1.807) is 0 Å². The van der Waals surface area contributed by atoms with Crippen LogP contribution in [-0.4, -0.2) is 12.5 Å². The molecule has 0 spiro atoms. The quantitative estimate of drug-likeness (QED) is 0.277. The summed E-state index contributed by atoms with van der Waals surface area (Å²) in [5, 5.41) is 0. The molecule has 0 bridgehead atoms. The van der Waals surface area contributed by atoms with E-state index in [-0.39, 0.29) is 5.92 Å². The first-order valence-corrected chi connectivity index (χ1v) is 13.1. The lowest BCUT2D eigenvalue weighted by Gasteiger charge is -2.32. The van der Waals surface area contributed by atoms with E-state index in [0.29, 0.717) is 24.5 Å². The van der Waals surface area contributed by atoms with Crippen molar-refractivity contribution in [3.8, 4) is 11.5 Å². The number of halogens is 6. The summed E-state index contributed by atoms with van der Waals surface area (Å²) >= 11 is 0. The second-order valence-electron chi connectivity index (χ2n) is 10.6. The fourth-order valence-electron chi connectivity index (χ4n) is 5.85. The first kappa shape index (κ1) is 28.0. The second-order valence-corrected chi connectivity index (χ2v) is 10.6. The van der Waals surface area contributed by atoms with Gasteiger partial charge in [-0.15, -0.1) is 13.2 Å². The van der Waals surface area contributed by atoms with Crippen molar-refractivity contribution in [3.63, 3.8) is 0 Å². The van der Waals surface area contributed by atoms with Crippen LogP contribution in [0.1, 0.15) is 96.8 Å². The Balaban J connectivity index is 1.34. The molecule has 2 fully saturated rings. The summed E-state index contributed by atoms with van der Waals surface area (Å²) in [5.74, 6) is -0.348. The molecule has 3 rings (SSSR count). The Morgan fingerprint density at radius 1 is 0.714 bits per heavy atom. The molecule has 2 aliphatic carbocycles. The van der Waals surface area contributed by atoms with Gasteiger partial charge >= 0.3 is 12.5 Å². The molecule has 0 heterocycles. The maximum absolute atomic E-state index is 14.3. The van der Waals surface area contributed by atoms with E-state index in [9.17, 15) is 26.3 Å². The molecule has 0 aromatic heterocycles. The average Bonchev–Trinajstić information content (AvgIpc) is 2.79. The lowest BCUT2D eigenvalue weighted by molar-refractivity contribution is -0.275. The number of hydrogen-bond acceptors (Lipinski definition) is 2. The summed E-state index contributed by atoms with van der Waals surface area (Å²) in [7, 11) is 0. The highest BCUT2D eigenvalue weighted by Crippen LogP contribution is 2.40. The van der Waals surface area contributed by atoms with E-state index < -0.39 is 36.2 Å². The summed E-state index contributed by atoms with van der Waals surface area (Å²) in [6.45, 7) is 2.26. The van der Waals surface area contributed by atoms with Gasteiger partial charge in [0.2, 0.25) is 0 Å². The molecule has 0 N–H and O–H groups in total. The van der Waals surface area contributed by atoms with Crippen LogP contribution in [0.4, 0.5) is 26.3 Å². The summed E-state index contributed by atoms with van der Waals surface area (Å²) < 4.78 is 87.1. The Morgan fingerprint density at radius 2 is 1.20 bits per heavy atom. The Kier molecular flexibility index (Phi) is 10.1. The Bertz CT molecular complexity index is 765. The third-order valence-electron chi connectivity index (χ3n) is 7.85. The third-order valence-corrected chi connectivity index (χ3v) is 7.85. The molecule has 0 amide bonds. The van der Waals surface area contributed by atoms with E-state index in [1.165, 1.54) is 51.4 Å². The van der Waals surface area contributed by atoms with Gasteiger partial charge in [-0.05, 0) is 42.2 Å². The molecule has 0 aliphatic heterocycles. The molecule has 0 atom stereocenters. The zero-order valence-electron chi connectivity index (χ0n) is 20.5. The molecule has 1 aromatic rings. The zero-order chi connectivity index (χ0) is 25.5. The molecule has 0 saturated heterocycles. The molecule has 2 aliphatic rings. The van der Waals surface area contributed by atoms with Crippen molar-refractivity contribution in [3.05, 3.63) is 24.0 Å². The van der Waals surface area contributed by atoms with Crippen molar-refractivity contribution in [1.82, 2.24) is 0 Å². The van der Waals surface area contributed by atoms with Gasteiger partial charge in [0, 0.05) is 6.07 Å². The lowest BCUT2D eigenvalue weighted by Crippen LogP contribution is -2.26. The van der Waals surface area contributed by atoms with E-state index in [4.69, 9.17) is 0 Å². The maximum atomic E-state index is 14.3. The summed E-state index contributed by atoms with van der Waals surface area (Å²) in [6, 6.07) is 1.96. The van der Waals surface area contributed by atoms with E-state index >= 15 is 0 Å². The number of rotatable bonds is 11. The molecule has 0 radical (unpaired) electrons. The van der Waals surface area contributed by atoms with Crippen LogP contribution < -0.4 is 9.47 Å². The Morgan fingerprint density at radius 3 is 1.66 bits per heavy atom. The largest absolute Gasteiger partial charge is 0.573 e. The SMILES string of the molecule is CCCC1CCC(CCC2CCC(CCC(F)(F)Oc3ccc(OC(F)(F)F)c(F)c3)CC2)CC1. The minimum atomic E-state index is -5.07. The van der Waals surface area contributed by atoms with E-state index in [0.717, 1.165) is 43.6 Å². The third kappa shape index (κ3) is 9.76. The Labute approximate surface area is 204 Å². The monoisotopic (exact) mass is 508 g/mol. The van der Waals surface area contributed by atoms with Crippen molar-refractivity contribution in [2.75, 3.05) is 0 Å². The summed E-state index contributed by atoms with van der Waals surface area (Å²) in [6.07, 6.45) is 5.87. The van der Waals surface area contributed by atoms with E-state index in [1.807, 2.05) is 0 Å². The van der Waals surface area contributed by atoms with Crippen molar-refractivity contribution < 1.29 is 35.8 Å². The van der Waals surface area contributed by atoms with Gasteiger partial charge in [-0.25, -0.2) is 4.39 Å². The van der Waals surface area contributed by atoms with Crippen molar-refractivity contribution >= 4 is 0 Å². The summed E-state index contributed by atoms with van der Waals surface area (Å²) in [4.78, 5) is 0. The molecule has 2 saturated carbocycles. The van der Waals surface area contributed by atoms with Crippen LogP contribution in [0, 0.1) is 29.5 Å². The highest BCUT2D eigenvalue weighted by Gasteiger charge is 2.35. The van der Waals surface area contributed by atoms with Gasteiger partial charge in [0.1, 0.15) is 5.75 Å². The second kappa shape index (κ2) is 12.6. The number of alkyl halides is 5. The molecule has 8 heteroatoms. The molecular weight excluding hydrogens is 470 g/mol. The summed E-state index contributed by atoms with van der Waals surface area (Å²) in [5.41, 5.74) is 0. The maximum Gasteiger partial charge on any atom is 0.573 e. The highest BCUT2D eigenvalue weighted by atomic mass is 19.4. The highest BCUT2D eigenvalue weighted by molar-refractivity contribution is 5.33. The van der Waals surface area contributed by atoms with Gasteiger partial charge in [0.05, 0.1) is 6.42 Å². The average molecular weight is 509 g/mol. The molecule has 1 aromatic carbocycles. The van der Waals surface area contributed by atoms with Gasteiger partial charge in [-0.1, -0.05) is 84.0 Å². The van der Waals surface area contributed by atoms with Crippen LogP contribution in [0.5, 0.6) is 11.5 Å². The van der Waals surface area contributed by atoms with Gasteiger partial charge in [-0.2, -0.15) is 8.78 Å². The Hall–Kier alpha value is -1.60. The lowest BCUT2D eigenvalue weighted by atomic mass is 9.74. The number of ether oxygens (including phenoxy) is 2. The van der Waals surface area contributed by atoms with Crippen LogP contribution in [-0.2, 0) is 0 Å².